The molecule has 6 nitrogen and oxygen atoms in total. The van der Waals surface area contributed by atoms with Crippen LogP contribution in [0.25, 0.3) is 0 Å². The van der Waals surface area contributed by atoms with Crippen molar-refractivity contribution >= 4 is 27.3 Å². The van der Waals surface area contributed by atoms with Gasteiger partial charge in [-0.25, -0.2) is 8.42 Å². The molecule has 1 N–H and O–H groups in total. The van der Waals surface area contributed by atoms with Gasteiger partial charge in [0.15, 0.2) is 0 Å². The third-order valence-corrected chi connectivity index (χ3v) is 7.09. The summed E-state index contributed by atoms with van der Waals surface area (Å²) in [6.07, 6.45) is -4.70. The number of methoxy groups -OCH3 is 1. The highest BCUT2D eigenvalue weighted by atomic mass is 32.2. The van der Waals surface area contributed by atoms with Crippen LogP contribution in [0.1, 0.15) is 22.3 Å². The fraction of sp³-hybridized carbons (Fsp3) is 0.240. The molecule has 0 spiro atoms. The first-order valence-corrected chi connectivity index (χ1v) is 12.0. The van der Waals surface area contributed by atoms with E-state index in [0.29, 0.717) is 21.6 Å². The molecule has 0 aliphatic carbocycles. The molecule has 0 aromatic heterocycles. The van der Waals surface area contributed by atoms with E-state index in [2.05, 4.69) is 5.32 Å². The van der Waals surface area contributed by atoms with Crippen molar-refractivity contribution < 1.29 is 31.1 Å². The predicted molar refractivity (Wildman–Crippen MR) is 128 cm³/mol. The molecular formula is C25H25F3N2O4S. The minimum atomic E-state index is -4.70. The second-order valence-electron chi connectivity index (χ2n) is 8.08. The maximum atomic E-state index is 13.7. The second kappa shape index (κ2) is 9.99. The number of halogens is 3. The van der Waals surface area contributed by atoms with E-state index in [0.717, 1.165) is 23.3 Å². The van der Waals surface area contributed by atoms with Crippen LogP contribution in [-0.4, -0.2) is 28.0 Å². The first-order chi connectivity index (χ1) is 16.3. The molecule has 0 bridgehead atoms. The number of rotatable bonds is 7. The first-order valence-electron chi connectivity index (χ1n) is 10.5. The van der Waals surface area contributed by atoms with Crippen LogP contribution in [0.3, 0.4) is 0 Å². The topological polar surface area (TPSA) is 75.7 Å². The summed E-state index contributed by atoms with van der Waals surface area (Å²) >= 11 is 0. The summed E-state index contributed by atoms with van der Waals surface area (Å²) in [4.78, 5) is 12.7. The zero-order valence-electron chi connectivity index (χ0n) is 19.6. The molecule has 186 valence electrons. The zero-order valence-corrected chi connectivity index (χ0v) is 20.4. The van der Waals surface area contributed by atoms with Gasteiger partial charge in [-0.15, -0.1) is 0 Å². The summed E-state index contributed by atoms with van der Waals surface area (Å²) < 4.78 is 73.4. The minimum absolute atomic E-state index is 0.00219. The molecule has 0 radical (unpaired) electrons. The third-order valence-electron chi connectivity index (χ3n) is 5.29. The highest BCUT2D eigenvalue weighted by molar-refractivity contribution is 7.93. The Morgan fingerprint density at radius 2 is 1.63 bits per heavy atom. The van der Waals surface area contributed by atoms with Gasteiger partial charge < -0.3 is 10.1 Å². The standard InChI is InChI=1S/C25H25F3N2O4S/c1-16-8-10-21(18(3)12-16)29-24(31)15-30(20-7-5-6-19(14-20)25(26,27)28)35(32,33)23-13-17(2)9-11-22(23)34-4/h5-14H,15H2,1-4H3,(H,29,31). The van der Waals surface area contributed by atoms with E-state index in [1.165, 1.54) is 25.3 Å². The van der Waals surface area contributed by atoms with Gasteiger partial charge in [-0.2, -0.15) is 13.2 Å². The Hall–Kier alpha value is -3.53. The van der Waals surface area contributed by atoms with Gasteiger partial charge >= 0.3 is 6.18 Å². The van der Waals surface area contributed by atoms with Gasteiger partial charge in [0.2, 0.25) is 5.91 Å². The highest BCUT2D eigenvalue weighted by Crippen LogP contribution is 2.35. The van der Waals surface area contributed by atoms with Crippen molar-refractivity contribution in [2.45, 2.75) is 31.8 Å². The van der Waals surface area contributed by atoms with Crippen molar-refractivity contribution in [3.8, 4) is 5.75 Å². The van der Waals surface area contributed by atoms with Crippen LogP contribution in [0, 0.1) is 20.8 Å². The Balaban J connectivity index is 2.09. The Morgan fingerprint density at radius 3 is 2.26 bits per heavy atom. The summed E-state index contributed by atoms with van der Waals surface area (Å²) in [5, 5.41) is 2.65. The second-order valence-corrected chi connectivity index (χ2v) is 9.91. The summed E-state index contributed by atoms with van der Waals surface area (Å²) in [5.41, 5.74) is 1.44. The molecule has 3 aromatic carbocycles. The fourth-order valence-corrected chi connectivity index (χ4v) is 5.19. The number of anilines is 2. The summed E-state index contributed by atoms with van der Waals surface area (Å²) in [5.74, 6) is -0.716. The summed E-state index contributed by atoms with van der Waals surface area (Å²) in [7, 11) is -3.22. The van der Waals surface area contributed by atoms with Crippen LogP contribution in [0.5, 0.6) is 5.75 Å². The van der Waals surface area contributed by atoms with Gasteiger partial charge in [0.1, 0.15) is 17.2 Å². The molecule has 0 saturated heterocycles. The molecule has 0 unspecified atom stereocenters. The third kappa shape index (κ3) is 5.94. The Bertz CT molecular complexity index is 1360. The average molecular weight is 507 g/mol. The maximum absolute atomic E-state index is 13.7. The average Bonchev–Trinajstić information content (AvgIpc) is 2.78. The smallest absolute Gasteiger partial charge is 0.416 e. The van der Waals surface area contributed by atoms with E-state index in [-0.39, 0.29) is 16.3 Å². The highest BCUT2D eigenvalue weighted by Gasteiger charge is 2.34. The number of nitrogens with one attached hydrogen (secondary N) is 1. The van der Waals surface area contributed by atoms with E-state index >= 15 is 0 Å². The van der Waals surface area contributed by atoms with Crippen molar-refractivity contribution in [2.24, 2.45) is 0 Å². The lowest BCUT2D eigenvalue weighted by Crippen LogP contribution is -2.38. The van der Waals surface area contributed by atoms with Crippen molar-refractivity contribution in [1.29, 1.82) is 0 Å². The van der Waals surface area contributed by atoms with Gasteiger partial charge in [0, 0.05) is 5.69 Å². The molecule has 35 heavy (non-hydrogen) atoms. The molecule has 0 aliphatic rings. The molecule has 3 aromatic rings. The normalized spacial score (nSPS) is 11.7. The number of sulfonamides is 1. The number of amides is 1. The number of hydrogen-bond donors (Lipinski definition) is 1. The number of benzene rings is 3. The number of hydrogen-bond acceptors (Lipinski definition) is 4. The number of carbonyl (C=O) groups is 1. The van der Waals surface area contributed by atoms with Crippen LogP contribution in [0.4, 0.5) is 24.5 Å². The Morgan fingerprint density at radius 1 is 0.971 bits per heavy atom. The number of alkyl halides is 3. The molecule has 0 atom stereocenters. The van der Waals surface area contributed by atoms with Crippen LogP contribution in [0.15, 0.2) is 65.6 Å². The maximum Gasteiger partial charge on any atom is 0.416 e. The van der Waals surface area contributed by atoms with Gasteiger partial charge in [-0.1, -0.05) is 29.8 Å². The molecule has 3 rings (SSSR count). The predicted octanol–water partition coefficient (Wildman–Crippen LogP) is 5.47. The van der Waals surface area contributed by atoms with E-state index in [4.69, 9.17) is 4.74 Å². The quantitative estimate of drug-likeness (QED) is 0.461. The number of carbonyl (C=O) groups excluding carboxylic acids is 1. The van der Waals surface area contributed by atoms with Crippen molar-refractivity contribution in [3.63, 3.8) is 0 Å². The molecule has 0 heterocycles. The molecule has 0 saturated carbocycles. The van der Waals surface area contributed by atoms with Crippen LogP contribution in [-0.2, 0) is 21.0 Å². The minimum Gasteiger partial charge on any atom is -0.495 e. The van der Waals surface area contributed by atoms with Gasteiger partial charge in [-0.05, 0) is 68.3 Å². The van der Waals surface area contributed by atoms with Gasteiger partial charge in [-0.3, -0.25) is 9.10 Å². The molecule has 10 heteroatoms. The van der Waals surface area contributed by atoms with Crippen molar-refractivity contribution in [2.75, 3.05) is 23.3 Å². The van der Waals surface area contributed by atoms with Crippen LogP contribution in [0.2, 0.25) is 0 Å². The largest absolute Gasteiger partial charge is 0.495 e. The Kier molecular flexibility index (Phi) is 7.44. The van der Waals surface area contributed by atoms with E-state index in [1.54, 1.807) is 32.0 Å². The number of nitrogens with zero attached hydrogens (tertiary/aromatic N) is 1. The Labute approximate surface area is 202 Å². The molecule has 1 amide bonds. The van der Waals surface area contributed by atoms with Gasteiger partial charge in [0.25, 0.3) is 10.0 Å². The molecular weight excluding hydrogens is 481 g/mol. The number of aryl methyl sites for hydroxylation is 3. The van der Waals surface area contributed by atoms with Crippen molar-refractivity contribution in [3.05, 3.63) is 82.9 Å². The zero-order chi connectivity index (χ0) is 26.0. The monoisotopic (exact) mass is 506 g/mol. The summed E-state index contributed by atoms with van der Waals surface area (Å²) in [6, 6.07) is 13.6. The van der Waals surface area contributed by atoms with Crippen LogP contribution >= 0.6 is 0 Å². The lowest BCUT2D eigenvalue weighted by atomic mass is 10.1. The lowest BCUT2D eigenvalue weighted by Gasteiger charge is -2.26. The molecule has 0 fully saturated rings. The van der Waals surface area contributed by atoms with Crippen LogP contribution < -0.4 is 14.4 Å². The summed E-state index contributed by atoms with van der Waals surface area (Å²) in [6.45, 7) is 4.57. The molecule has 0 aliphatic heterocycles. The van der Waals surface area contributed by atoms with E-state index in [9.17, 15) is 26.4 Å². The lowest BCUT2D eigenvalue weighted by molar-refractivity contribution is -0.137. The van der Waals surface area contributed by atoms with Gasteiger partial charge in [0.05, 0.1) is 18.4 Å². The SMILES string of the molecule is COc1ccc(C)cc1S(=O)(=O)N(CC(=O)Nc1ccc(C)cc1C)c1cccc(C(F)(F)F)c1. The first kappa shape index (κ1) is 26.1. The number of ether oxygens (including phenoxy) is 1. The fourth-order valence-electron chi connectivity index (χ4n) is 3.53. The van der Waals surface area contributed by atoms with E-state index in [1.807, 2.05) is 13.0 Å². The van der Waals surface area contributed by atoms with Crippen molar-refractivity contribution in [1.82, 2.24) is 0 Å². The van der Waals surface area contributed by atoms with E-state index < -0.39 is 34.2 Å².